The van der Waals surface area contributed by atoms with Crippen LogP contribution in [0.2, 0.25) is 5.02 Å². The fourth-order valence-electron chi connectivity index (χ4n) is 4.10. The molecule has 1 heterocycles. The number of nitrogen functional groups attached to an aromatic ring is 1. The lowest BCUT2D eigenvalue weighted by Crippen LogP contribution is -2.15. The highest BCUT2D eigenvalue weighted by molar-refractivity contribution is 6.30. The smallest absolute Gasteiger partial charge is 0.131 e. The number of rotatable bonds is 1. The van der Waals surface area contributed by atoms with E-state index in [9.17, 15) is 0 Å². The van der Waals surface area contributed by atoms with Crippen molar-refractivity contribution in [1.29, 1.82) is 0 Å². The molecule has 1 aliphatic carbocycles. The molecule has 0 spiro atoms. The SMILES string of the molecule is Nc1nc2c(c3ccccc13)C(c1ccc(Cl)cc1)Cc1ccccc1-2. The van der Waals surface area contributed by atoms with Crippen LogP contribution in [0.5, 0.6) is 0 Å². The maximum Gasteiger partial charge on any atom is 0.131 e. The van der Waals surface area contributed by atoms with Crippen molar-refractivity contribution in [2.45, 2.75) is 12.3 Å². The quantitative estimate of drug-likeness (QED) is 0.466. The molecule has 1 atom stereocenters. The molecule has 1 unspecified atom stereocenters. The van der Waals surface area contributed by atoms with E-state index in [4.69, 9.17) is 22.3 Å². The summed E-state index contributed by atoms with van der Waals surface area (Å²) < 4.78 is 0. The van der Waals surface area contributed by atoms with E-state index in [1.807, 2.05) is 18.2 Å². The lowest BCUT2D eigenvalue weighted by atomic mass is 9.76. The second-order valence-corrected chi connectivity index (χ2v) is 7.21. The Morgan fingerprint density at radius 3 is 2.35 bits per heavy atom. The van der Waals surface area contributed by atoms with Gasteiger partial charge in [0.2, 0.25) is 0 Å². The molecular weight excluding hydrogens is 340 g/mol. The molecule has 2 nitrogen and oxygen atoms in total. The molecule has 0 aliphatic heterocycles. The standard InChI is InChI=1S/C23H17ClN2/c24-16-11-9-14(10-12-16)20-13-15-5-1-2-6-17(15)22-21(20)18-7-3-4-8-19(18)23(25)26-22/h1-12,20H,13H2,(H2,25,26). The van der Waals surface area contributed by atoms with Gasteiger partial charge in [-0.1, -0.05) is 72.3 Å². The molecule has 1 aromatic heterocycles. The molecule has 1 aliphatic rings. The van der Waals surface area contributed by atoms with Gasteiger partial charge in [-0.15, -0.1) is 0 Å². The van der Waals surface area contributed by atoms with Crippen LogP contribution in [0, 0.1) is 0 Å². The fraction of sp³-hybridized carbons (Fsp3) is 0.0870. The summed E-state index contributed by atoms with van der Waals surface area (Å²) in [4.78, 5) is 4.83. The number of nitrogens with zero attached hydrogens (tertiary/aromatic N) is 1. The third-order valence-corrected chi connectivity index (χ3v) is 5.55. The van der Waals surface area contributed by atoms with Crippen LogP contribution >= 0.6 is 11.6 Å². The molecule has 5 rings (SSSR count). The van der Waals surface area contributed by atoms with Gasteiger partial charge in [0.25, 0.3) is 0 Å². The van der Waals surface area contributed by atoms with Crippen LogP contribution in [0.1, 0.15) is 22.6 Å². The maximum atomic E-state index is 6.31. The summed E-state index contributed by atoms with van der Waals surface area (Å²) in [7, 11) is 0. The second kappa shape index (κ2) is 5.86. The van der Waals surface area contributed by atoms with Gasteiger partial charge >= 0.3 is 0 Å². The topological polar surface area (TPSA) is 38.9 Å². The van der Waals surface area contributed by atoms with Gasteiger partial charge in [0, 0.05) is 21.9 Å². The van der Waals surface area contributed by atoms with Crippen LogP contribution in [0.3, 0.4) is 0 Å². The first-order chi connectivity index (χ1) is 12.7. The van der Waals surface area contributed by atoms with Crippen molar-refractivity contribution in [3.8, 4) is 11.3 Å². The Labute approximate surface area is 157 Å². The molecule has 126 valence electrons. The van der Waals surface area contributed by atoms with Crippen LogP contribution in [0.15, 0.2) is 72.8 Å². The third kappa shape index (κ3) is 2.30. The van der Waals surface area contributed by atoms with E-state index in [0.717, 1.165) is 22.5 Å². The number of fused-ring (bicyclic) bond motifs is 5. The Morgan fingerprint density at radius 1 is 0.846 bits per heavy atom. The number of aromatic nitrogens is 1. The molecule has 4 aromatic rings. The monoisotopic (exact) mass is 356 g/mol. The van der Waals surface area contributed by atoms with Crippen molar-refractivity contribution in [3.63, 3.8) is 0 Å². The lowest BCUT2D eigenvalue weighted by molar-refractivity contribution is 0.795. The minimum Gasteiger partial charge on any atom is -0.383 e. The molecule has 3 aromatic carbocycles. The lowest BCUT2D eigenvalue weighted by Gasteiger charge is -2.29. The average molecular weight is 357 g/mol. The molecule has 0 saturated carbocycles. The summed E-state index contributed by atoms with van der Waals surface area (Å²) in [5.74, 6) is 0.820. The predicted octanol–water partition coefficient (Wildman–Crippen LogP) is 5.83. The summed E-state index contributed by atoms with van der Waals surface area (Å²) in [6.07, 6.45) is 0.945. The minimum atomic E-state index is 0.232. The van der Waals surface area contributed by atoms with E-state index < -0.39 is 0 Å². The molecule has 3 heteroatoms. The van der Waals surface area contributed by atoms with E-state index >= 15 is 0 Å². The van der Waals surface area contributed by atoms with E-state index in [0.29, 0.717) is 5.82 Å². The van der Waals surface area contributed by atoms with Crippen LogP contribution < -0.4 is 5.73 Å². The van der Waals surface area contributed by atoms with Crippen LogP contribution in [-0.4, -0.2) is 4.98 Å². The Morgan fingerprint density at radius 2 is 1.54 bits per heavy atom. The highest BCUT2D eigenvalue weighted by atomic mass is 35.5. The Kier molecular flexibility index (Phi) is 3.47. The average Bonchev–Trinajstić information content (AvgIpc) is 2.68. The zero-order chi connectivity index (χ0) is 17.7. The number of benzene rings is 3. The van der Waals surface area contributed by atoms with Gasteiger partial charge in [0.05, 0.1) is 5.69 Å². The van der Waals surface area contributed by atoms with Crippen molar-refractivity contribution in [3.05, 3.63) is 94.5 Å². The van der Waals surface area contributed by atoms with Gasteiger partial charge in [0.1, 0.15) is 5.82 Å². The van der Waals surface area contributed by atoms with E-state index in [-0.39, 0.29) is 5.92 Å². The largest absolute Gasteiger partial charge is 0.383 e. The highest BCUT2D eigenvalue weighted by Crippen LogP contribution is 2.45. The van der Waals surface area contributed by atoms with Gasteiger partial charge < -0.3 is 5.73 Å². The molecule has 0 amide bonds. The van der Waals surface area contributed by atoms with Gasteiger partial charge in [-0.05, 0) is 40.6 Å². The number of hydrogen-bond donors (Lipinski definition) is 1. The van der Waals surface area contributed by atoms with Crippen molar-refractivity contribution in [2.75, 3.05) is 5.73 Å². The summed E-state index contributed by atoms with van der Waals surface area (Å²) in [5, 5.41) is 2.96. The van der Waals surface area contributed by atoms with Crippen molar-refractivity contribution in [1.82, 2.24) is 4.98 Å². The first-order valence-corrected chi connectivity index (χ1v) is 9.12. The Balaban J connectivity index is 1.86. The van der Waals surface area contributed by atoms with Crippen molar-refractivity contribution < 1.29 is 0 Å². The maximum absolute atomic E-state index is 6.31. The normalized spacial score (nSPS) is 15.5. The Hall–Kier alpha value is -2.84. The fourth-order valence-corrected chi connectivity index (χ4v) is 4.22. The molecule has 0 bridgehead atoms. The van der Waals surface area contributed by atoms with E-state index in [2.05, 4.69) is 54.6 Å². The predicted molar refractivity (Wildman–Crippen MR) is 109 cm³/mol. The molecule has 0 radical (unpaired) electrons. The van der Waals surface area contributed by atoms with Crippen LogP contribution in [-0.2, 0) is 6.42 Å². The van der Waals surface area contributed by atoms with E-state index in [1.54, 1.807) is 0 Å². The van der Waals surface area contributed by atoms with Gasteiger partial charge in [0.15, 0.2) is 0 Å². The summed E-state index contributed by atoms with van der Waals surface area (Å²) in [6.45, 7) is 0. The van der Waals surface area contributed by atoms with E-state index in [1.165, 1.54) is 27.6 Å². The summed E-state index contributed by atoms with van der Waals surface area (Å²) in [5.41, 5.74) is 12.3. The van der Waals surface area contributed by atoms with Crippen LogP contribution in [0.4, 0.5) is 5.82 Å². The minimum absolute atomic E-state index is 0.232. The van der Waals surface area contributed by atoms with Gasteiger partial charge in [-0.3, -0.25) is 0 Å². The number of nitrogens with two attached hydrogens (primary N) is 1. The molecule has 0 saturated heterocycles. The summed E-state index contributed by atoms with van der Waals surface area (Å²) in [6, 6.07) is 25.0. The molecule has 2 N–H and O–H groups in total. The van der Waals surface area contributed by atoms with Crippen molar-refractivity contribution >= 4 is 28.2 Å². The third-order valence-electron chi connectivity index (χ3n) is 5.30. The van der Waals surface area contributed by atoms with Gasteiger partial charge in [-0.25, -0.2) is 4.98 Å². The number of pyridine rings is 1. The highest BCUT2D eigenvalue weighted by Gasteiger charge is 2.29. The number of hydrogen-bond acceptors (Lipinski definition) is 2. The number of anilines is 1. The Bertz CT molecular complexity index is 1130. The zero-order valence-corrected chi connectivity index (χ0v) is 14.9. The zero-order valence-electron chi connectivity index (χ0n) is 14.1. The van der Waals surface area contributed by atoms with Crippen molar-refractivity contribution in [2.24, 2.45) is 0 Å². The second-order valence-electron chi connectivity index (χ2n) is 6.77. The first-order valence-electron chi connectivity index (χ1n) is 8.74. The van der Waals surface area contributed by atoms with Crippen LogP contribution in [0.25, 0.3) is 22.0 Å². The number of halogens is 1. The van der Waals surface area contributed by atoms with Gasteiger partial charge in [-0.2, -0.15) is 0 Å². The summed E-state index contributed by atoms with van der Waals surface area (Å²) >= 11 is 6.12. The molecule has 0 fully saturated rings. The molecular formula is C23H17ClN2. The molecule has 26 heavy (non-hydrogen) atoms. The first kappa shape index (κ1) is 15.4.